The first kappa shape index (κ1) is 22.3. The summed E-state index contributed by atoms with van der Waals surface area (Å²) in [6.07, 6.45) is 6.34. The zero-order valence-corrected chi connectivity index (χ0v) is 19.2. The summed E-state index contributed by atoms with van der Waals surface area (Å²) in [4.78, 5) is 25.1. The molecule has 0 atom stereocenters. The summed E-state index contributed by atoms with van der Waals surface area (Å²) in [5.41, 5.74) is 2.79. The van der Waals surface area contributed by atoms with Crippen LogP contribution in [0.1, 0.15) is 61.4 Å². The van der Waals surface area contributed by atoms with E-state index in [0.717, 1.165) is 41.4 Å². The monoisotopic (exact) mass is 472 g/mol. The molecule has 0 aromatic heterocycles. The summed E-state index contributed by atoms with van der Waals surface area (Å²) in [6.45, 7) is 4.70. The average molecular weight is 473 g/mol. The van der Waals surface area contributed by atoms with E-state index in [1.807, 2.05) is 31.2 Å². The molecular formula is C24H29BrN2O3. The van der Waals surface area contributed by atoms with Gasteiger partial charge in [0.15, 0.2) is 0 Å². The Morgan fingerprint density at radius 3 is 2.60 bits per heavy atom. The fourth-order valence-electron chi connectivity index (χ4n) is 3.13. The number of aryl methyl sites for hydroxylation is 1. The predicted octanol–water partition coefficient (Wildman–Crippen LogP) is 6.32. The number of halogens is 1. The molecule has 2 N–H and O–H groups in total. The third-order valence-electron chi connectivity index (χ3n) is 5.14. The van der Waals surface area contributed by atoms with Crippen LogP contribution in [0.15, 0.2) is 40.9 Å². The maximum absolute atomic E-state index is 13.0. The van der Waals surface area contributed by atoms with Gasteiger partial charge in [0.05, 0.1) is 12.2 Å². The molecule has 0 radical (unpaired) electrons. The van der Waals surface area contributed by atoms with Crippen molar-refractivity contribution >= 4 is 39.1 Å². The second-order valence-corrected chi connectivity index (χ2v) is 8.71. The van der Waals surface area contributed by atoms with E-state index in [1.54, 1.807) is 12.1 Å². The van der Waals surface area contributed by atoms with Crippen LogP contribution in [0, 0.1) is 12.8 Å². The summed E-state index contributed by atoms with van der Waals surface area (Å²) in [5, 5.41) is 5.90. The quantitative estimate of drug-likeness (QED) is 0.397. The zero-order valence-electron chi connectivity index (χ0n) is 17.6. The third kappa shape index (κ3) is 6.33. The van der Waals surface area contributed by atoms with E-state index >= 15 is 0 Å². The highest BCUT2D eigenvalue weighted by atomic mass is 79.9. The summed E-state index contributed by atoms with van der Waals surface area (Å²) < 4.78 is 6.70. The van der Waals surface area contributed by atoms with E-state index in [0.29, 0.717) is 23.6 Å². The fourth-order valence-corrected chi connectivity index (χ4v) is 3.49. The SMILES string of the molecule is CCCCCCOc1ccc(Br)cc1C(=O)Nc1ccc(C)c(NC(=O)C2CC2)c1. The van der Waals surface area contributed by atoms with Gasteiger partial charge in [-0.3, -0.25) is 9.59 Å². The Morgan fingerprint density at radius 2 is 1.87 bits per heavy atom. The molecule has 0 heterocycles. The van der Waals surface area contributed by atoms with Gasteiger partial charge in [-0.05, 0) is 62.1 Å². The highest BCUT2D eigenvalue weighted by Gasteiger charge is 2.29. The first-order chi connectivity index (χ1) is 14.5. The van der Waals surface area contributed by atoms with E-state index < -0.39 is 0 Å². The predicted molar refractivity (Wildman–Crippen MR) is 124 cm³/mol. The lowest BCUT2D eigenvalue weighted by molar-refractivity contribution is -0.117. The molecule has 3 rings (SSSR count). The second kappa shape index (κ2) is 10.6. The Balaban J connectivity index is 1.69. The van der Waals surface area contributed by atoms with E-state index in [1.165, 1.54) is 12.8 Å². The first-order valence-corrected chi connectivity index (χ1v) is 11.4. The molecule has 5 nitrogen and oxygen atoms in total. The van der Waals surface area contributed by atoms with Crippen LogP contribution in [0.2, 0.25) is 0 Å². The maximum atomic E-state index is 13.0. The Labute approximate surface area is 186 Å². The smallest absolute Gasteiger partial charge is 0.259 e. The molecule has 2 aromatic rings. The molecule has 2 aromatic carbocycles. The standard InChI is InChI=1S/C24H29BrN2O3/c1-3-4-5-6-13-30-22-12-10-18(25)14-20(22)24(29)26-19-11-7-16(2)21(15-19)27-23(28)17-8-9-17/h7,10-12,14-15,17H,3-6,8-9,13H2,1-2H3,(H,26,29)(H,27,28). The number of benzene rings is 2. The van der Waals surface area contributed by atoms with Crippen LogP contribution in [0.4, 0.5) is 11.4 Å². The average Bonchev–Trinajstić information content (AvgIpc) is 3.56. The molecule has 30 heavy (non-hydrogen) atoms. The summed E-state index contributed by atoms with van der Waals surface area (Å²) in [5.74, 6) is 0.499. The number of anilines is 2. The van der Waals surface area contributed by atoms with Crippen molar-refractivity contribution in [3.8, 4) is 5.75 Å². The van der Waals surface area contributed by atoms with Gasteiger partial charge in [0.2, 0.25) is 5.91 Å². The van der Waals surface area contributed by atoms with Crippen molar-refractivity contribution in [3.63, 3.8) is 0 Å². The molecule has 1 saturated carbocycles. The highest BCUT2D eigenvalue weighted by Crippen LogP contribution is 2.31. The lowest BCUT2D eigenvalue weighted by atomic mass is 10.1. The van der Waals surface area contributed by atoms with E-state index in [2.05, 4.69) is 33.5 Å². The molecule has 160 valence electrons. The van der Waals surface area contributed by atoms with Gasteiger partial charge < -0.3 is 15.4 Å². The topological polar surface area (TPSA) is 67.4 Å². The molecular weight excluding hydrogens is 444 g/mol. The molecule has 0 saturated heterocycles. The Morgan fingerprint density at radius 1 is 1.07 bits per heavy atom. The van der Waals surface area contributed by atoms with Gasteiger partial charge >= 0.3 is 0 Å². The van der Waals surface area contributed by atoms with Crippen LogP contribution in [0.25, 0.3) is 0 Å². The Hall–Kier alpha value is -2.34. The van der Waals surface area contributed by atoms with Gasteiger partial charge in [-0.15, -0.1) is 0 Å². The molecule has 0 spiro atoms. The molecule has 1 fully saturated rings. The molecule has 1 aliphatic carbocycles. The molecule has 6 heteroatoms. The largest absolute Gasteiger partial charge is 0.493 e. The van der Waals surface area contributed by atoms with E-state index in [9.17, 15) is 9.59 Å². The minimum atomic E-state index is -0.247. The van der Waals surface area contributed by atoms with Crippen LogP contribution in [0.3, 0.4) is 0 Å². The number of ether oxygens (including phenoxy) is 1. The minimum absolute atomic E-state index is 0.0484. The zero-order chi connectivity index (χ0) is 21.5. The summed E-state index contributed by atoms with van der Waals surface area (Å²) >= 11 is 3.44. The van der Waals surface area contributed by atoms with Gasteiger partial charge in [0.1, 0.15) is 5.75 Å². The minimum Gasteiger partial charge on any atom is -0.493 e. The van der Waals surface area contributed by atoms with Crippen molar-refractivity contribution < 1.29 is 14.3 Å². The molecule has 0 bridgehead atoms. The molecule has 0 unspecified atom stereocenters. The van der Waals surface area contributed by atoms with Crippen LogP contribution >= 0.6 is 15.9 Å². The van der Waals surface area contributed by atoms with E-state index in [-0.39, 0.29) is 17.7 Å². The molecule has 2 amide bonds. The van der Waals surface area contributed by atoms with Crippen molar-refractivity contribution in [2.45, 2.75) is 52.4 Å². The molecule has 0 aliphatic heterocycles. The van der Waals surface area contributed by atoms with E-state index in [4.69, 9.17) is 4.74 Å². The van der Waals surface area contributed by atoms with Gasteiger partial charge in [0, 0.05) is 21.8 Å². The number of carbonyl (C=O) groups excluding carboxylic acids is 2. The second-order valence-electron chi connectivity index (χ2n) is 7.80. The van der Waals surface area contributed by atoms with Gasteiger partial charge in [0.25, 0.3) is 5.91 Å². The first-order valence-electron chi connectivity index (χ1n) is 10.6. The number of hydrogen-bond donors (Lipinski definition) is 2. The van der Waals surface area contributed by atoms with Crippen molar-refractivity contribution in [1.82, 2.24) is 0 Å². The number of rotatable bonds is 10. The number of amides is 2. The summed E-state index contributed by atoms with van der Waals surface area (Å²) in [6, 6.07) is 11.0. The number of hydrogen-bond acceptors (Lipinski definition) is 3. The fraction of sp³-hybridized carbons (Fsp3) is 0.417. The number of unbranched alkanes of at least 4 members (excludes halogenated alkanes) is 3. The van der Waals surface area contributed by atoms with Crippen molar-refractivity contribution in [2.75, 3.05) is 17.2 Å². The van der Waals surface area contributed by atoms with Crippen molar-refractivity contribution in [2.24, 2.45) is 5.92 Å². The van der Waals surface area contributed by atoms with Crippen molar-refractivity contribution in [3.05, 3.63) is 52.0 Å². The number of nitrogens with one attached hydrogen (secondary N) is 2. The lowest BCUT2D eigenvalue weighted by Gasteiger charge is -2.14. The van der Waals surface area contributed by atoms with Gasteiger partial charge in [-0.2, -0.15) is 0 Å². The number of carbonyl (C=O) groups is 2. The van der Waals surface area contributed by atoms with Gasteiger partial charge in [-0.25, -0.2) is 0 Å². The van der Waals surface area contributed by atoms with Crippen LogP contribution in [0.5, 0.6) is 5.75 Å². The maximum Gasteiger partial charge on any atom is 0.259 e. The Bertz CT molecular complexity index is 909. The van der Waals surface area contributed by atoms with Crippen LogP contribution in [-0.4, -0.2) is 18.4 Å². The van der Waals surface area contributed by atoms with Crippen LogP contribution < -0.4 is 15.4 Å². The lowest BCUT2D eigenvalue weighted by Crippen LogP contribution is -2.16. The van der Waals surface area contributed by atoms with Crippen LogP contribution in [-0.2, 0) is 4.79 Å². The highest BCUT2D eigenvalue weighted by molar-refractivity contribution is 9.10. The Kier molecular flexibility index (Phi) is 7.91. The van der Waals surface area contributed by atoms with Crippen molar-refractivity contribution in [1.29, 1.82) is 0 Å². The third-order valence-corrected chi connectivity index (χ3v) is 5.64. The van der Waals surface area contributed by atoms with Gasteiger partial charge in [-0.1, -0.05) is 48.2 Å². The normalized spacial score (nSPS) is 13.0. The molecule has 1 aliphatic rings. The summed E-state index contributed by atoms with van der Waals surface area (Å²) in [7, 11) is 0.